The van der Waals surface area contributed by atoms with Gasteiger partial charge >= 0.3 is 6.03 Å². The number of anilines is 2. The van der Waals surface area contributed by atoms with Gasteiger partial charge in [-0.1, -0.05) is 24.3 Å². The number of carbonyl (C=O) groups excluding carboxylic acids is 1. The Hall–Kier alpha value is -2.56. The van der Waals surface area contributed by atoms with Crippen molar-refractivity contribution in [3.05, 3.63) is 59.9 Å². The van der Waals surface area contributed by atoms with Crippen LogP contribution in [-0.2, 0) is 0 Å². The first-order valence-corrected chi connectivity index (χ1v) is 7.75. The molecule has 0 aliphatic carbocycles. The van der Waals surface area contributed by atoms with Gasteiger partial charge < -0.3 is 15.1 Å². The number of carbonyl (C=O) groups is 1. The minimum Gasteiger partial charge on any atom is -0.366 e. The first-order valence-electron chi connectivity index (χ1n) is 7.75. The zero-order valence-electron chi connectivity index (χ0n) is 13.1. The number of benzene rings is 2. The van der Waals surface area contributed by atoms with Gasteiger partial charge in [0, 0.05) is 31.9 Å². The van der Waals surface area contributed by atoms with E-state index in [0.29, 0.717) is 31.9 Å². The van der Waals surface area contributed by atoms with E-state index in [4.69, 9.17) is 0 Å². The molecule has 1 fully saturated rings. The first-order chi connectivity index (χ1) is 11.1. The monoisotopic (exact) mass is 313 g/mol. The standard InChI is InChI=1S/C18H20FN3O/c1-14-5-4-6-15(13-14)20-18(23)22-11-9-21(10-12-22)17-8-3-2-7-16(17)19/h2-8,13H,9-12H2,1H3,(H,20,23). The average Bonchev–Trinajstić information content (AvgIpc) is 2.55. The van der Waals surface area contributed by atoms with Crippen molar-refractivity contribution in [2.24, 2.45) is 0 Å². The third kappa shape index (κ3) is 3.62. The van der Waals surface area contributed by atoms with Crippen LogP contribution in [-0.4, -0.2) is 37.1 Å². The van der Waals surface area contributed by atoms with Crippen molar-refractivity contribution in [2.75, 3.05) is 36.4 Å². The maximum absolute atomic E-state index is 13.8. The predicted octanol–water partition coefficient (Wildman–Crippen LogP) is 3.49. The molecular weight excluding hydrogens is 293 g/mol. The summed E-state index contributed by atoms with van der Waals surface area (Å²) in [6, 6.07) is 14.4. The van der Waals surface area contributed by atoms with Gasteiger partial charge in [0.25, 0.3) is 0 Å². The molecule has 0 spiro atoms. The van der Waals surface area contributed by atoms with E-state index >= 15 is 0 Å². The molecular formula is C18H20FN3O. The lowest BCUT2D eigenvalue weighted by Gasteiger charge is -2.36. The maximum atomic E-state index is 13.8. The van der Waals surface area contributed by atoms with E-state index in [1.807, 2.05) is 42.2 Å². The molecule has 120 valence electrons. The normalized spacial score (nSPS) is 14.7. The summed E-state index contributed by atoms with van der Waals surface area (Å²) in [6.45, 7) is 4.39. The topological polar surface area (TPSA) is 35.6 Å². The van der Waals surface area contributed by atoms with Crippen LogP contribution in [0.5, 0.6) is 0 Å². The Morgan fingerprint density at radius 1 is 1.04 bits per heavy atom. The Kier molecular flexibility index (Phi) is 4.46. The molecule has 0 radical (unpaired) electrons. The van der Waals surface area contributed by atoms with Crippen molar-refractivity contribution in [3.63, 3.8) is 0 Å². The summed E-state index contributed by atoms with van der Waals surface area (Å²) in [7, 11) is 0. The fraction of sp³-hybridized carbons (Fsp3) is 0.278. The SMILES string of the molecule is Cc1cccc(NC(=O)N2CCN(c3ccccc3F)CC2)c1. The third-order valence-corrected chi connectivity index (χ3v) is 4.03. The van der Waals surface area contributed by atoms with Gasteiger partial charge in [0.2, 0.25) is 0 Å². The number of hydrogen-bond acceptors (Lipinski definition) is 2. The molecule has 1 aliphatic heterocycles. The largest absolute Gasteiger partial charge is 0.366 e. The molecule has 0 unspecified atom stereocenters. The Balaban J connectivity index is 1.58. The highest BCUT2D eigenvalue weighted by Crippen LogP contribution is 2.20. The predicted molar refractivity (Wildman–Crippen MR) is 90.4 cm³/mol. The van der Waals surface area contributed by atoms with Crippen molar-refractivity contribution < 1.29 is 9.18 Å². The Morgan fingerprint density at radius 3 is 2.48 bits per heavy atom. The second-order valence-corrected chi connectivity index (χ2v) is 5.73. The van der Waals surface area contributed by atoms with Crippen LogP contribution in [0.15, 0.2) is 48.5 Å². The molecule has 2 aromatic carbocycles. The van der Waals surface area contributed by atoms with Crippen molar-refractivity contribution in [1.29, 1.82) is 0 Å². The highest BCUT2D eigenvalue weighted by atomic mass is 19.1. The quantitative estimate of drug-likeness (QED) is 0.921. The van der Waals surface area contributed by atoms with E-state index in [1.165, 1.54) is 6.07 Å². The number of rotatable bonds is 2. The van der Waals surface area contributed by atoms with Crippen LogP contribution in [0.4, 0.5) is 20.6 Å². The molecule has 1 aliphatic rings. The van der Waals surface area contributed by atoms with E-state index in [9.17, 15) is 9.18 Å². The number of nitrogens with zero attached hydrogens (tertiary/aromatic N) is 2. The molecule has 0 saturated carbocycles. The van der Waals surface area contributed by atoms with Crippen LogP contribution >= 0.6 is 0 Å². The molecule has 3 rings (SSSR count). The summed E-state index contributed by atoms with van der Waals surface area (Å²) in [5.41, 5.74) is 2.50. The molecule has 2 amide bonds. The summed E-state index contributed by atoms with van der Waals surface area (Å²) in [5.74, 6) is -0.217. The summed E-state index contributed by atoms with van der Waals surface area (Å²) in [4.78, 5) is 16.1. The highest BCUT2D eigenvalue weighted by molar-refractivity contribution is 5.89. The minimum atomic E-state index is -0.217. The number of amides is 2. The molecule has 5 heteroatoms. The summed E-state index contributed by atoms with van der Waals surface area (Å²) in [5, 5.41) is 2.91. The summed E-state index contributed by atoms with van der Waals surface area (Å²) < 4.78 is 13.8. The van der Waals surface area contributed by atoms with Crippen LogP contribution in [0.2, 0.25) is 0 Å². The first kappa shape index (κ1) is 15.3. The van der Waals surface area contributed by atoms with Crippen LogP contribution in [0.1, 0.15) is 5.56 Å². The van der Waals surface area contributed by atoms with Gasteiger partial charge in [-0.05, 0) is 36.8 Å². The van der Waals surface area contributed by atoms with Gasteiger partial charge in [0.15, 0.2) is 0 Å². The lowest BCUT2D eigenvalue weighted by atomic mass is 10.2. The molecule has 2 aromatic rings. The number of urea groups is 1. The number of para-hydroxylation sites is 1. The van der Waals surface area contributed by atoms with E-state index < -0.39 is 0 Å². The number of hydrogen-bond donors (Lipinski definition) is 1. The van der Waals surface area contributed by atoms with Gasteiger partial charge in [0.1, 0.15) is 5.82 Å². The van der Waals surface area contributed by atoms with Crippen molar-refractivity contribution in [2.45, 2.75) is 6.92 Å². The Morgan fingerprint density at radius 2 is 1.78 bits per heavy atom. The molecule has 1 N–H and O–H groups in total. The molecule has 0 bridgehead atoms. The number of halogens is 1. The smallest absolute Gasteiger partial charge is 0.321 e. The second-order valence-electron chi connectivity index (χ2n) is 5.73. The van der Waals surface area contributed by atoms with Gasteiger partial charge in [0.05, 0.1) is 5.69 Å². The van der Waals surface area contributed by atoms with E-state index in [2.05, 4.69) is 5.32 Å². The minimum absolute atomic E-state index is 0.108. The Labute approximate surface area is 135 Å². The molecule has 1 saturated heterocycles. The summed E-state index contributed by atoms with van der Waals surface area (Å²) >= 11 is 0. The zero-order chi connectivity index (χ0) is 16.2. The number of nitrogens with one attached hydrogen (secondary N) is 1. The van der Waals surface area contributed by atoms with Crippen molar-refractivity contribution in [3.8, 4) is 0 Å². The van der Waals surface area contributed by atoms with E-state index in [1.54, 1.807) is 17.0 Å². The summed E-state index contributed by atoms with van der Waals surface area (Å²) in [6.07, 6.45) is 0. The van der Waals surface area contributed by atoms with Gasteiger partial charge in [-0.2, -0.15) is 0 Å². The van der Waals surface area contributed by atoms with E-state index in [0.717, 1.165) is 11.3 Å². The molecule has 1 heterocycles. The molecule has 0 aromatic heterocycles. The van der Waals surface area contributed by atoms with E-state index in [-0.39, 0.29) is 11.8 Å². The van der Waals surface area contributed by atoms with Gasteiger partial charge in [-0.3, -0.25) is 0 Å². The van der Waals surface area contributed by atoms with Crippen molar-refractivity contribution in [1.82, 2.24) is 4.90 Å². The molecule has 0 atom stereocenters. The fourth-order valence-electron chi connectivity index (χ4n) is 2.78. The van der Waals surface area contributed by atoms with Crippen LogP contribution in [0, 0.1) is 12.7 Å². The second kappa shape index (κ2) is 6.69. The van der Waals surface area contributed by atoms with Crippen LogP contribution in [0.3, 0.4) is 0 Å². The molecule has 23 heavy (non-hydrogen) atoms. The lowest BCUT2D eigenvalue weighted by molar-refractivity contribution is 0.208. The molecule has 4 nitrogen and oxygen atoms in total. The number of aryl methyl sites for hydroxylation is 1. The van der Waals surface area contributed by atoms with Gasteiger partial charge in [-0.15, -0.1) is 0 Å². The van der Waals surface area contributed by atoms with Gasteiger partial charge in [-0.25, -0.2) is 9.18 Å². The van der Waals surface area contributed by atoms with Crippen LogP contribution < -0.4 is 10.2 Å². The maximum Gasteiger partial charge on any atom is 0.321 e. The Bertz CT molecular complexity index is 696. The third-order valence-electron chi connectivity index (χ3n) is 4.03. The number of piperazine rings is 1. The van der Waals surface area contributed by atoms with Crippen LogP contribution in [0.25, 0.3) is 0 Å². The zero-order valence-corrected chi connectivity index (χ0v) is 13.1. The fourth-order valence-corrected chi connectivity index (χ4v) is 2.78. The highest BCUT2D eigenvalue weighted by Gasteiger charge is 2.22. The lowest BCUT2D eigenvalue weighted by Crippen LogP contribution is -2.50. The average molecular weight is 313 g/mol. The van der Waals surface area contributed by atoms with Crippen molar-refractivity contribution >= 4 is 17.4 Å².